The fourth-order valence-corrected chi connectivity index (χ4v) is 2.55. The minimum Gasteiger partial charge on any atom is -0.481 e. The molecule has 31 heavy (non-hydrogen) atoms. The summed E-state index contributed by atoms with van der Waals surface area (Å²) in [6, 6.07) is -5.64. The number of hydrogen-bond donors (Lipinski definition) is 8. The molecule has 9 N–H and O–H groups in total. The van der Waals surface area contributed by atoms with Crippen molar-refractivity contribution in [2.75, 3.05) is 5.75 Å². The Balaban J connectivity index is 5.50. The summed E-state index contributed by atoms with van der Waals surface area (Å²) in [5.74, 6) is -7.25. The number of amides is 4. The number of nitrogens with one attached hydrogen (secondary N) is 3. The average Bonchev–Trinajstić information content (AvgIpc) is 2.68. The fourth-order valence-electron chi connectivity index (χ4n) is 2.30. The van der Waals surface area contributed by atoms with Crippen molar-refractivity contribution in [3.8, 4) is 0 Å². The predicted molar refractivity (Wildman–Crippen MR) is 111 cm³/mol. The molecular formula is C17H29N5O8S. The van der Waals surface area contributed by atoms with Crippen molar-refractivity contribution in [1.29, 1.82) is 0 Å². The molecule has 0 radical (unpaired) electrons. The number of nitrogens with two attached hydrogens (primary N) is 2. The first-order chi connectivity index (χ1) is 14.3. The highest BCUT2D eigenvalue weighted by Gasteiger charge is 2.32. The van der Waals surface area contributed by atoms with Crippen LogP contribution in [0.4, 0.5) is 0 Å². The molecule has 0 heterocycles. The Hall–Kier alpha value is -2.87. The summed E-state index contributed by atoms with van der Waals surface area (Å²) in [5, 5.41) is 24.5. The lowest BCUT2D eigenvalue weighted by Gasteiger charge is -2.25. The van der Waals surface area contributed by atoms with Crippen molar-refractivity contribution >= 4 is 48.2 Å². The van der Waals surface area contributed by atoms with Crippen LogP contribution in [0.15, 0.2) is 0 Å². The Bertz CT molecular complexity index is 704. The molecular weight excluding hydrogens is 434 g/mol. The number of thiol groups is 1. The van der Waals surface area contributed by atoms with Crippen LogP contribution < -0.4 is 27.4 Å². The van der Waals surface area contributed by atoms with Crippen LogP contribution in [0.2, 0.25) is 0 Å². The Kier molecular flexibility index (Phi) is 12.2. The highest BCUT2D eigenvalue weighted by Crippen LogP contribution is 2.07. The van der Waals surface area contributed by atoms with Gasteiger partial charge in [-0.2, -0.15) is 12.6 Å². The largest absolute Gasteiger partial charge is 0.481 e. The zero-order chi connectivity index (χ0) is 24.3. The van der Waals surface area contributed by atoms with Gasteiger partial charge < -0.3 is 37.6 Å². The van der Waals surface area contributed by atoms with Gasteiger partial charge in [-0.3, -0.25) is 24.0 Å². The Morgan fingerprint density at radius 1 is 0.871 bits per heavy atom. The maximum atomic E-state index is 12.6. The third-order valence-corrected chi connectivity index (χ3v) is 4.77. The van der Waals surface area contributed by atoms with Gasteiger partial charge in [0.15, 0.2) is 0 Å². The van der Waals surface area contributed by atoms with Gasteiger partial charge in [0.2, 0.25) is 23.6 Å². The van der Waals surface area contributed by atoms with Crippen molar-refractivity contribution in [3.05, 3.63) is 0 Å². The van der Waals surface area contributed by atoms with Crippen molar-refractivity contribution in [2.45, 2.75) is 57.3 Å². The quantitative estimate of drug-likeness (QED) is 0.124. The van der Waals surface area contributed by atoms with Crippen molar-refractivity contribution in [3.63, 3.8) is 0 Å². The third-order valence-electron chi connectivity index (χ3n) is 4.41. The van der Waals surface area contributed by atoms with E-state index in [2.05, 4.69) is 28.6 Å². The van der Waals surface area contributed by atoms with Gasteiger partial charge in [0, 0.05) is 5.75 Å². The predicted octanol–water partition coefficient (Wildman–Crippen LogP) is -2.82. The summed E-state index contributed by atoms with van der Waals surface area (Å²) in [5.41, 5.74) is 10.9. The summed E-state index contributed by atoms with van der Waals surface area (Å²) < 4.78 is 0. The topological polar surface area (TPSA) is 231 Å². The number of carbonyl (C=O) groups is 6. The lowest BCUT2D eigenvalue weighted by molar-refractivity contribution is -0.143. The minimum absolute atomic E-state index is 0.254. The molecule has 0 aliphatic carbocycles. The maximum Gasteiger partial charge on any atom is 0.327 e. The number of rotatable bonds is 14. The van der Waals surface area contributed by atoms with Crippen LogP contribution in [-0.2, 0) is 28.8 Å². The van der Waals surface area contributed by atoms with Crippen LogP contribution in [0.1, 0.15) is 33.1 Å². The normalized spacial score (nSPS) is 15.5. The average molecular weight is 464 g/mol. The molecule has 13 nitrogen and oxygen atoms in total. The van der Waals surface area contributed by atoms with Gasteiger partial charge in [0.05, 0.1) is 18.9 Å². The highest BCUT2D eigenvalue weighted by atomic mass is 32.1. The van der Waals surface area contributed by atoms with E-state index in [1.165, 1.54) is 0 Å². The first-order valence-electron chi connectivity index (χ1n) is 9.34. The molecule has 0 aliphatic heterocycles. The maximum absolute atomic E-state index is 12.6. The van der Waals surface area contributed by atoms with Crippen LogP contribution in [-0.4, -0.2) is 75.7 Å². The Morgan fingerprint density at radius 3 is 1.71 bits per heavy atom. The van der Waals surface area contributed by atoms with E-state index in [4.69, 9.17) is 21.7 Å². The number of primary amides is 1. The third kappa shape index (κ3) is 10.1. The molecule has 0 spiro atoms. The molecule has 0 saturated carbocycles. The lowest BCUT2D eigenvalue weighted by atomic mass is 9.99. The van der Waals surface area contributed by atoms with Gasteiger partial charge in [-0.1, -0.05) is 20.3 Å². The SMILES string of the molecule is CCC(C)C(N)C(=O)NC(CC(=O)O)C(=O)NC(CC(N)=O)C(=O)NC(CS)C(=O)O. The van der Waals surface area contributed by atoms with Crippen LogP contribution in [0.5, 0.6) is 0 Å². The van der Waals surface area contributed by atoms with E-state index in [9.17, 15) is 28.8 Å². The molecule has 0 aromatic heterocycles. The van der Waals surface area contributed by atoms with E-state index in [1.54, 1.807) is 13.8 Å². The van der Waals surface area contributed by atoms with Crippen molar-refractivity contribution < 1.29 is 39.0 Å². The van der Waals surface area contributed by atoms with Gasteiger partial charge in [0.25, 0.3) is 0 Å². The molecule has 4 amide bonds. The van der Waals surface area contributed by atoms with Crippen LogP contribution >= 0.6 is 12.6 Å². The molecule has 5 atom stereocenters. The molecule has 0 aliphatic rings. The summed E-state index contributed by atoms with van der Waals surface area (Å²) >= 11 is 3.79. The molecule has 0 rings (SSSR count). The smallest absolute Gasteiger partial charge is 0.327 e. The number of carboxylic acid groups (broad SMARTS) is 2. The lowest BCUT2D eigenvalue weighted by Crippen LogP contribution is -2.58. The van der Waals surface area contributed by atoms with E-state index >= 15 is 0 Å². The van der Waals surface area contributed by atoms with Gasteiger partial charge in [-0.05, 0) is 5.92 Å². The molecule has 0 aromatic carbocycles. The summed E-state index contributed by atoms with van der Waals surface area (Å²) in [6.07, 6.45) is -0.970. The van der Waals surface area contributed by atoms with Crippen LogP contribution in [0.25, 0.3) is 0 Å². The van der Waals surface area contributed by atoms with Crippen molar-refractivity contribution in [2.24, 2.45) is 17.4 Å². The Labute approximate surface area is 184 Å². The van der Waals surface area contributed by atoms with Gasteiger partial charge in [-0.25, -0.2) is 4.79 Å². The standard InChI is InChI=1S/C17H29N5O8S/c1-3-7(2)13(19)16(28)21-9(5-12(24)25)15(27)20-8(4-11(18)23)14(26)22-10(6-31)17(29)30/h7-10,13,31H,3-6,19H2,1-2H3,(H2,18,23)(H,20,27)(H,21,28)(H,22,26)(H,24,25)(H,29,30). The minimum atomic E-state index is -1.61. The van der Waals surface area contributed by atoms with Gasteiger partial charge >= 0.3 is 11.9 Å². The number of aliphatic carboxylic acids is 2. The number of hydrogen-bond acceptors (Lipinski definition) is 8. The zero-order valence-electron chi connectivity index (χ0n) is 17.2. The van der Waals surface area contributed by atoms with Crippen LogP contribution in [0.3, 0.4) is 0 Å². The fraction of sp³-hybridized carbons (Fsp3) is 0.647. The van der Waals surface area contributed by atoms with E-state index < -0.39 is 72.6 Å². The molecule has 0 bridgehead atoms. The second-order valence-corrected chi connectivity index (χ2v) is 7.25. The van der Waals surface area contributed by atoms with E-state index in [0.717, 1.165) is 0 Å². The molecule has 14 heteroatoms. The molecule has 0 aromatic rings. The molecule has 0 saturated heterocycles. The van der Waals surface area contributed by atoms with Crippen LogP contribution in [0, 0.1) is 5.92 Å². The second-order valence-electron chi connectivity index (χ2n) is 6.88. The number of carboxylic acids is 2. The number of carbonyl (C=O) groups excluding carboxylic acids is 4. The highest BCUT2D eigenvalue weighted by molar-refractivity contribution is 7.80. The second kappa shape index (κ2) is 13.4. The van der Waals surface area contributed by atoms with E-state index in [1.807, 2.05) is 0 Å². The summed E-state index contributed by atoms with van der Waals surface area (Å²) in [6.45, 7) is 3.49. The molecule has 0 fully saturated rings. The van der Waals surface area contributed by atoms with E-state index in [-0.39, 0.29) is 11.7 Å². The molecule has 176 valence electrons. The molecule has 5 unspecified atom stereocenters. The zero-order valence-corrected chi connectivity index (χ0v) is 18.1. The first-order valence-corrected chi connectivity index (χ1v) is 9.97. The Morgan fingerprint density at radius 2 is 1.32 bits per heavy atom. The first kappa shape index (κ1) is 28.1. The van der Waals surface area contributed by atoms with Crippen molar-refractivity contribution in [1.82, 2.24) is 16.0 Å². The van der Waals surface area contributed by atoms with Gasteiger partial charge in [-0.15, -0.1) is 0 Å². The van der Waals surface area contributed by atoms with Gasteiger partial charge in [0.1, 0.15) is 18.1 Å². The summed E-state index contributed by atoms with van der Waals surface area (Å²) in [7, 11) is 0. The summed E-state index contributed by atoms with van der Waals surface area (Å²) in [4.78, 5) is 70.6. The van der Waals surface area contributed by atoms with E-state index in [0.29, 0.717) is 6.42 Å². The monoisotopic (exact) mass is 463 g/mol.